The molecular formula is C11H13N5OS. The van der Waals surface area contributed by atoms with Crippen molar-refractivity contribution < 1.29 is 0 Å². The number of aromatic nitrogens is 4. The van der Waals surface area contributed by atoms with Gasteiger partial charge in [-0.25, -0.2) is 15.0 Å². The lowest BCUT2D eigenvalue weighted by atomic mass is 10.2. The van der Waals surface area contributed by atoms with Crippen LogP contribution in [0, 0.1) is 0 Å². The van der Waals surface area contributed by atoms with Gasteiger partial charge < -0.3 is 10.7 Å². The fraction of sp³-hybridized carbons (Fsp3) is 0.273. The quantitative estimate of drug-likeness (QED) is 0.805. The number of rotatable bonds is 4. The van der Waals surface area contributed by atoms with Gasteiger partial charge in [-0.05, 0) is 18.2 Å². The first-order valence-electron chi connectivity index (χ1n) is 5.53. The molecule has 0 atom stereocenters. The predicted molar refractivity (Wildman–Crippen MR) is 69.4 cm³/mol. The highest BCUT2D eigenvalue weighted by atomic mass is 32.2. The summed E-state index contributed by atoms with van der Waals surface area (Å²) in [6.07, 6.45) is 4.75. The van der Waals surface area contributed by atoms with E-state index in [0.717, 1.165) is 18.5 Å². The van der Waals surface area contributed by atoms with E-state index in [4.69, 9.17) is 5.73 Å². The highest BCUT2D eigenvalue weighted by molar-refractivity contribution is 7.99. The van der Waals surface area contributed by atoms with Gasteiger partial charge in [0.15, 0.2) is 5.16 Å². The number of nitrogens with zero attached hydrogens (tertiary/aromatic N) is 3. The summed E-state index contributed by atoms with van der Waals surface area (Å²) in [5.74, 6) is 0.362. The lowest BCUT2D eigenvalue weighted by molar-refractivity contribution is 0.814. The Morgan fingerprint density at radius 2 is 2.22 bits per heavy atom. The van der Waals surface area contributed by atoms with Crippen molar-refractivity contribution in [2.75, 3.05) is 5.73 Å². The molecule has 2 rings (SSSR count). The van der Waals surface area contributed by atoms with Gasteiger partial charge in [0.1, 0.15) is 10.8 Å². The molecule has 18 heavy (non-hydrogen) atoms. The maximum Gasteiger partial charge on any atom is 0.251 e. The summed E-state index contributed by atoms with van der Waals surface area (Å²) in [6.45, 7) is 2.04. The summed E-state index contributed by atoms with van der Waals surface area (Å²) in [7, 11) is 0. The van der Waals surface area contributed by atoms with Crippen molar-refractivity contribution in [1.29, 1.82) is 0 Å². The van der Waals surface area contributed by atoms with Crippen molar-refractivity contribution in [2.24, 2.45) is 0 Å². The zero-order chi connectivity index (χ0) is 13.0. The molecular weight excluding hydrogens is 250 g/mol. The van der Waals surface area contributed by atoms with E-state index >= 15 is 0 Å². The van der Waals surface area contributed by atoms with E-state index in [9.17, 15) is 4.79 Å². The van der Waals surface area contributed by atoms with E-state index in [-0.39, 0.29) is 5.56 Å². The number of anilines is 1. The first-order chi connectivity index (χ1) is 8.67. The molecule has 2 aromatic heterocycles. The second-order valence-corrected chi connectivity index (χ2v) is 4.68. The third-order valence-electron chi connectivity index (χ3n) is 2.13. The molecule has 0 aromatic carbocycles. The molecule has 0 fully saturated rings. The molecule has 0 radical (unpaired) electrons. The van der Waals surface area contributed by atoms with E-state index in [1.807, 2.05) is 6.92 Å². The molecule has 3 N–H and O–H groups in total. The topological polar surface area (TPSA) is 97.5 Å². The van der Waals surface area contributed by atoms with Gasteiger partial charge >= 0.3 is 0 Å². The summed E-state index contributed by atoms with van der Waals surface area (Å²) in [5.41, 5.74) is 6.08. The summed E-state index contributed by atoms with van der Waals surface area (Å²) >= 11 is 1.25. The van der Waals surface area contributed by atoms with Crippen LogP contribution in [0.3, 0.4) is 0 Å². The molecule has 0 saturated heterocycles. The van der Waals surface area contributed by atoms with Crippen LogP contribution in [-0.2, 0) is 6.42 Å². The summed E-state index contributed by atoms with van der Waals surface area (Å²) in [5, 5.41) is 1.16. The molecule has 0 aliphatic heterocycles. The van der Waals surface area contributed by atoms with Crippen molar-refractivity contribution in [3.63, 3.8) is 0 Å². The number of aryl methyl sites for hydroxylation is 1. The number of aromatic amines is 1. The number of nitrogens with one attached hydrogen (secondary N) is 1. The molecule has 0 spiro atoms. The van der Waals surface area contributed by atoms with Crippen LogP contribution in [-0.4, -0.2) is 19.9 Å². The average Bonchev–Trinajstić information content (AvgIpc) is 2.32. The third kappa shape index (κ3) is 3.30. The van der Waals surface area contributed by atoms with Gasteiger partial charge in [0.2, 0.25) is 0 Å². The highest BCUT2D eigenvalue weighted by Crippen LogP contribution is 2.21. The van der Waals surface area contributed by atoms with E-state index in [0.29, 0.717) is 16.0 Å². The largest absolute Gasteiger partial charge is 0.382 e. The van der Waals surface area contributed by atoms with E-state index in [1.54, 1.807) is 6.20 Å². The Balaban J connectivity index is 2.23. The van der Waals surface area contributed by atoms with Gasteiger partial charge in [-0.3, -0.25) is 4.79 Å². The molecule has 0 saturated carbocycles. The van der Waals surface area contributed by atoms with Crippen LogP contribution in [0.2, 0.25) is 0 Å². The molecule has 2 heterocycles. The van der Waals surface area contributed by atoms with Crippen molar-refractivity contribution >= 4 is 17.6 Å². The first-order valence-corrected chi connectivity index (χ1v) is 6.34. The second kappa shape index (κ2) is 5.63. The number of nitrogens with two attached hydrogens (primary N) is 1. The Hall–Kier alpha value is -1.89. The van der Waals surface area contributed by atoms with Gasteiger partial charge in [-0.1, -0.05) is 13.3 Å². The van der Waals surface area contributed by atoms with Crippen molar-refractivity contribution in [3.05, 3.63) is 34.5 Å². The summed E-state index contributed by atoms with van der Waals surface area (Å²) < 4.78 is 0. The highest BCUT2D eigenvalue weighted by Gasteiger charge is 2.04. The summed E-state index contributed by atoms with van der Waals surface area (Å²) in [4.78, 5) is 26.5. The minimum absolute atomic E-state index is 0.153. The van der Waals surface area contributed by atoms with Gasteiger partial charge in [0, 0.05) is 11.8 Å². The van der Waals surface area contributed by atoms with Crippen LogP contribution in [0.4, 0.5) is 5.82 Å². The Bertz CT molecular complexity index is 581. The Labute approximate surface area is 108 Å². The fourth-order valence-corrected chi connectivity index (χ4v) is 2.12. The number of hydrogen-bond donors (Lipinski definition) is 2. The Kier molecular flexibility index (Phi) is 3.93. The Morgan fingerprint density at radius 3 is 2.89 bits per heavy atom. The van der Waals surface area contributed by atoms with Crippen LogP contribution in [0.15, 0.2) is 33.4 Å². The molecule has 0 bridgehead atoms. The molecule has 0 aliphatic rings. The first kappa shape index (κ1) is 12.6. The number of H-pyrrole nitrogens is 1. The molecule has 7 heteroatoms. The number of nitrogen functional groups attached to an aromatic ring is 1. The number of hydrogen-bond acceptors (Lipinski definition) is 6. The maximum atomic E-state index is 11.5. The van der Waals surface area contributed by atoms with Crippen LogP contribution in [0.1, 0.15) is 19.0 Å². The van der Waals surface area contributed by atoms with E-state index < -0.39 is 0 Å². The van der Waals surface area contributed by atoms with Crippen LogP contribution < -0.4 is 11.3 Å². The maximum absolute atomic E-state index is 11.5. The summed E-state index contributed by atoms with van der Waals surface area (Å²) in [6, 6.07) is 1.52. The minimum Gasteiger partial charge on any atom is -0.382 e. The smallest absolute Gasteiger partial charge is 0.251 e. The lowest BCUT2D eigenvalue weighted by Crippen LogP contribution is -2.09. The standard InChI is InChI=1S/C11H13N5OS/c1-2-3-7-4-9(17)16-11(15-7)18-10-6-13-8(12)5-14-10/h4-6H,2-3H2,1H3,(H2,12,13)(H,15,16,17). The minimum atomic E-state index is -0.153. The molecule has 94 valence electrons. The van der Waals surface area contributed by atoms with Gasteiger partial charge in [0.05, 0.1) is 12.4 Å². The molecule has 0 unspecified atom stereocenters. The fourth-order valence-electron chi connectivity index (χ4n) is 1.39. The van der Waals surface area contributed by atoms with Crippen LogP contribution >= 0.6 is 11.8 Å². The van der Waals surface area contributed by atoms with Gasteiger partial charge in [-0.15, -0.1) is 0 Å². The van der Waals surface area contributed by atoms with Crippen molar-refractivity contribution in [2.45, 2.75) is 29.9 Å². The molecule has 2 aromatic rings. The molecule has 6 nitrogen and oxygen atoms in total. The van der Waals surface area contributed by atoms with E-state index in [1.165, 1.54) is 24.0 Å². The Morgan fingerprint density at radius 1 is 1.39 bits per heavy atom. The van der Waals surface area contributed by atoms with Crippen LogP contribution in [0.25, 0.3) is 0 Å². The zero-order valence-corrected chi connectivity index (χ0v) is 10.7. The monoisotopic (exact) mass is 263 g/mol. The van der Waals surface area contributed by atoms with E-state index in [2.05, 4.69) is 19.9 Å². The molecule has 0 amide bonds. The second-order valence-electron chi connectivity index (χ2n) is 3.67. The average molecular weight is 263 g/mol. The molecule has 0 aliphatic carbocycles. The zero-order valence-electron chi connectivity index (χ0n) is 9.88. The van der Waals surface area contributed by atoms with Crippen molar-refractivity contribution in [3.8, 4) is 0 Å². The predicted octanol–water partition coefficient (Wildman–Crippen LogP) is 1.25. The SMILES string of the molecule is CCCc1cc(=O)[nH]c(Sc2cnc(N)cn2)n1. The van der Waals surface area contributed by atoms with Crippen LogP contribution in [0.5, 0.6) is 0 Å². The van der Waals surface area contributed by atoms with Gasteiger partial charge in [-0.2, -0.15) is 0 Å². The van der Waals surface area contributed by atoms with Crippen molar-refractivity contribution in [1.82, 2.24) is 19.9 Å². The normalized spacial score (nSPS) is 10.5. The van der Waals surface area contributed by atoms with Gasteiger partial charge in [0.25, 0.3) is 5.56 Å². The lowest BCUT2D eigenvalue weighted by Gasteiger charge is -2.02. The third-order valence-corrected chi connectivity index (χ3v) is 2.94.